The second kappa shape index (κ2) is 9.12. The van der Waals surface area contributed by atoms with E-state index in [9.17, 15) is 4.79 Å². The van der Waals surface area contributed by atoms with Crippen LogP contribution in [0.25, 0.3) is 5.69 Å². The van der Waals surface area contributed by atoms with E-state index < -0.39 is 0 Å². The van der Waals surface area contributed by atoms with Crippen molar-refractivity contribution in [1.82, 2.24) is 14.3 Å². The van der Waals surface area contributed by atoms with Crippen LogP contribution in [0.2, 0.25) is 0 Å². The fraction of sp³-hybridized carbons (Fsp3) is 0.481. The Labute approximate surface area is 213 Å². The smallest absolute Gasteiger partial charge is 0.399 e. The predicted octanol–water partition coefficient (Wildman–Crippen LogP) is 3.24. The van der Waals surface area contributed by atoms with E-state index in [0.29, 0.717) is 0 Å². The Morgan fingerprint density at radius 3 is 1.67 bits per heavy atom. The first-order chi connectivity index (χ1) is 17.1. The molecule has 9 heteroatoms. The van der Waals surface area contributed by atoms with Gasteiger partial charge >= 0.3 is 12.8 Å². The SMILES string of the molecule is CC(C)n1ncn(-c2ccc(N3CCN(c4ccc(B5OC(C)(C)C(C)(C)O5)cc4)CC3)cc2)c1=O. The molecule has 3 aromatic rings. The zero-order valence-corrected chi connectivity index (χ0v) is 22.1. The van der Waals surface area contributed by atoms with Gasteiger partial charge < -0.3 is 19.1 Å². The molecule has 2 aliphatic rings. The van der Waals surface area contributed by atoms with Crippen molar-refractivity contribution in [3.8, 4) is 5.69 Å². The zero-order valence-electron chi connectivity index (χ0n) is 22.1. The van der Waals surface area contributed by atoms with E-state index in [0.717, 1.165) is 37.3 Å². The van der Waals surface area contributed by atoms with Gasteiger partial charge in [-0.15, -0.1) is 0 Å². The van der Waals surface area contributed by atoms with Crippen molar-refractivity contribution >= 4 is 24.0 Å². The number of nitrogens with zero attached hydrogens (tertiary/aromatic N) is 5. The van der Waals surface area contributed by atoms with Crippen LogP contribution in [0, 0.1) is 0 Å². The molecule has 2 aromatic carbocycles. The topological polar surface area (TPSA) is 64.8 Å². The second-order valence-electron chi connectivity index (χ2n) is 11.0. The molecule has 36 heavy (non-hydrogen) atoms. The van der Waals surface area contributed by atoms with Gasteiger partial charge in [0.25, 0.3) is 0 Å². The van der Waals surface area contributed by atoms with E-state index in [4.69, 9.17) is 9.31 Å². The predicted molar refractivity (Wildman–Crippen MR) is 145 cm³/mol. The van der Waals surface area contributed by atoms with Gasteiger partial charge in [-0.3, -0.25) is 0 Å². The third kappa shape index (κ3) is 4.46. The minimum Gasteiger partial charge on any atom is -0.399 e. The highest BCUT2D eigenvalue weighted by atomic mass is 16.7. The summed E-state index contributed by atoms with van der Waals surface area (Å²) >= 11 is 0. The molecule has 0 saturated carbocycles. The highest BCUT2D eigenvalue weighted by Gasteiger charge is 2.51. The largest absolute Gasteiger partial charge is 0.494 e. The molecule has 8 nitrogen and oxygen atoms in total. The van der Waals surface area contributed by atoms with E-state index in [-0.39, 0.29) is 30.1 Å². The van der Waals surface area contributed by atoms with Crippen LogP contribution in [-0.2, 0) is 9.31 Å². The lowest BCUT2D eigenvalue weighted by atomic mass is 9.79. The molecular weight excluding hydrogens is 453 g/mol. The molecule has 0 amide bonds. The minimum absolute atomic E-state index is 0.0363. The number of benzene rings is 2. The van der Waals surface area contributed by atoms with Gasteiger partial charge in [0.15, 0.2) is 0 Å². The van der Waals surface area contributed by atoms with Gasteiger partial charge in [0.2, 0.25) is 0 Å². The van der Waals surface area contributed by atoms with Gasteiger partial charge in [0, 0.05) is 37.6 Å². The lowest BCUT2D eigenvalue weighted by Gasteiger charge is -2.37. The maximum Gasteiger partial charge on any atom is 0.494 e. The lowest BCUT2D eigenvalue weighted by Crippen LogP contribution is -2.46. The molecule has 190 valence electrons. The highest BCUT2D eigenvalue weighted by molar-refractivity contribution is 6.62. The highest BCUT2D eigenvalue weighted by Crippen LogP contribution is 2.36. The number of rotatable bonds is 5. The van der Waals surface area contributed by atoms with Crippen molar-refractivity contribution in [3.05, 3.63) is 65.3 Å². The molecule has 2 aliphatic heterocycles. The Kier molecular flexibility index (Phi) is 6.25. The van der Waals surface area contributed by atoms with Crippen molar-refractivity contribution in [2.75, 3.05) is 36.0 Å². The molecule has 2 fully saturated rings. The standard InChI is InChI=1S/C27H36BN5O3/c1-20(2)33-25(34)32(19-29-33)24-13-11-23(12-14-24)31-17-15-30(16-18-31)22-9-7-21(8-10-22)28-35-26(3,4)27(5,6)36-28/h7-14,19-20H,15-18H2,1-6H3. The van der Waals surface area contributed by atoms with Crippen LogP contribution in [-0.4, -0.2) is 58.8 Å². The molecule has 5 rings (SSSR count). The lowest BCUT2D eigenvalue weighted by molar-refractivity contribution is 0.00578. The van der Waals surface area contributed by atoms with Crippen LogP contribution in [0.1, 0.15) is 47.6 Å². The van der Waals surface area contributed by atoms with Gasteiger partial charge in [-0.2, -0.15) is 5.10 Å². The van der Waals surface area contributed by atoms with Crippen molar-refractivity contribution < 1.29 is 9.31 Å². The Bertz CT molecular complexity index is 1240. The summed E-state index contributed by atoms with van der Waals surface area (Å²) in [5.41, 5.74) is 3.47. The van der Waals surface area contributed by atoms with Crippen molar-refractivity contribution in [3.63, 3.8) is 0 Å². The third-order valence-corrected chi connectivity index (χ3v) is 7.74. The van der Waals surface area contributed by atoms with Crippen molar-refractivity contribution in [2.45, 2.75) is 58.8 Å². The summed E-state index contributed by atoms with van der Waals surface area (Å²) < 4.78 is 15.5. The Morgan fingerprint density at radius 2 is 1.22 bits per heavy atom. The van der Waals surface area contributed by atoms with Gasteiger partial charge in [-0.1, -0.05) is 12.1 Å². The van der Waals surface area contributed by atoms with Crippen molar-refractivity contribution in [1.29, 1.82) is 0 Å². The van der Waals surface area contributed by atoms with Crippen molar-refractivity contribution in [2.24, 2.45) is 0 Å². The third-order valence-electron chi connectivity index (χ3n) is 7.74. The van der Waals surface area contributed by atoms with E-state index in [2.05, 4.69) is 79.0 Å². The molecule has 0 atom stereocenters. The molecule has 0 bridgehead atoms. The molecule has 0 spiro atoms. The average molecular weight is 489 g/mol. The Balaban J connectivity index is 1.20. The maximum absolute atomic E-state index is 12.6. The number of hydrogen-bond donors (Lipinski definition) is 0. The summed E-state index contributed by atoms with van der Waals surface area (Å²) in [6.07, 6.45) is 1.59. The Morgan fingerprint density at radius 1 is 0.778 bits per heavy atom. The summed E-state index contributed by atoms with van der Waals surface area (Å²) in [5, 5.41) is 4.22. The molecule has 2 saturated heterocycles. The number of piperazine rings is 1. The summed E-state index contributed by atoms with van der Waals surface area (Å²) in [6.45, 7) is 16.0. The maximum atomic E-state index is 12.6. The van der Waals surface area contributed by atoms with Crippen LogP contribution >= 0.6 is 0 Å². The minimum atomic E-state index is -0.336. The van der Waals surface area contributed by atoms with Gasteiger partial charge in [0.05, 0.1) is 22.9 Å². The number of anilines is 2. The monoisotopic (exact) mass is 489 g/mol. The summed E-state index contributed by atoms with van der Waals surface area (Å²) in [5.74, 6) is 0. The summed E-state index contributed by atoms with van der Waals surface area (Å²) in [7, 11) is -0.334. The summed E-state index contributed by atoms with van der Waals surface area (Å²) in [4.78, 5) is 17.4. The van der Waals surface area contributed by atoms with E-state index in [1.165, 1.54) is 16.1 Å². The van der Waals surface area contributed by atoms with Gasteiger partial charge in [-0.05, 0) is 83.4 Å². The molecule has 0 radical (unpaired) electrons. The fourth-order valence-corrected chi connectivity index (χ4v) is 4.72. The second-order valence-corrected chi connectivity index (χ2v) is 11.0. The number of aromatic nitrogens is 3. The van der Waals surface area contributed by atoms with Crippen LogP contribution in [0.5, 0.6) is 0 Å². The molecular formula is C27H36BN5O3. The molecule has 0 N–H and O–H groups in total. The molecule has 1 aromatic heterocycles. The molecule has 0 aliphatic carbocycles. The van der Waals surface area contributed by atoms with Gasteiger partial charge in [0.1, 0.15) is 6.33 Å². The normalized spacial score (nSPS) is 19.4. The number of hydrogen-bond acceptors (Lipinski definition) is 6. The first kappa shape index (κ1) is 24.7. The van der Waals surface area contributed by atoms with E-state index in [1.807, 2.05) is 26.0 Å². The average Bonchev–Trinajstić information content (AvgIpc) is 3.35. The van der Waals surface area contributed by atoms with Crippen LogP contribution in [0.4, 0.5) is 11.4 Å². The van der Waals surface area contributed by atoms with E-state index in [1.54, 1.807) is 10.9 Å². The van der Waals surface area contributed by atoms with Crippen LogP contribution in [0.3, 0.4) is 0 Å². The Hall–Kier alpha value is -3.04. The summed E-state index contributed by atoms with van der Waals surface area (Å²) in [6, 6.07) is 16.8. The van der Waals surface area contributed by atoms with Gasteiger partial charge in [-0.25, -0.2) is 14.0 Å². The van der Waals surface area contributed by atoms with Crippen LogP contribution < -0.4 is 21.0 Å². The quantitative estimate of drug-likeness (QED) is 0.513. The first-order valence-electron chi connectivity index (χ1n) is 12.8. The molecule has 0 unspecified atom stereocenters. The van der Waals surface area contributed by atoms with Crippen LogP contribution in [0.15, 0.2) is 59.7 Å². The first-order valence-corrected chi connectivity index (χ1v) is 12.8. The van der Waals surface area contributed by atoms with E-state index >= 15 is 0 Å². The zero-order chi connectivity index (χ0) is 25.7. The molecule has 3 heterocycles. The fourth-order valence-electron chi connectivity index (χ4n) is 4.72.